The van der Waals surface area contributed by atoms with Gasteiger partial charge in [-0.05, 0) is 60.7 Å². The fourth-order valence-electron chi connectivity index (χ4n) is 3.66. The molecule has 0 aliphatic carbocycles. The number of carbonyl (C=O) groups is 1. The average molecular weight is 453 g/mol. The van der Waals surface area contributed by atoms with E-state index in [9.17, 15) is 9.18 Å². The van der Waals surface area contributed by atoms with Crippen molar-refractivity contribution in [3.05, 3.63) is 71.1 Å². The number of piperidine rings is 1. The number of benzene rings is 2. The third-order valence-corrected chi connectivity index (χ3v) is 5.51. The molecule has 6 nitrogen and oxygen atoms in total. The summed E-state index contributed by atoms with van der Waals surface area (Å²) in [6.07, 6.45) is 7.78. The summed E-state index contributed by atoms with van der Waals surface area (Å²) in [4.78, 5) is 22.3. The Morgan fingerprint density at radius 3 is 2.72 bits per heavy atom. The fourth-order valence-corrected chi connectivity index (χ4v) is 3.84. The van der Waals surface area contributed by atoms with Crippen molar-refractivity contribution in [3.63, 3.8) is 0 Å². The Morgan fingerprint density at radius 1 is 1.16 bits per heavy atom. The summed E-state index contributed by atoms with van der Waals surface area (Å²) in [6, 6.07) is 12.0. The number of nitrogens with zero attached hydrogens (tertiary/aromatic N) is 3. The van der Waals surface area contributed by atoms with Crippen molar-refractivity contribution in [1.82, 2.24) is 9.97 Å². The van der Waals surface area contributed by atoms with Gasteiger partial charge in [0.2, 0.25) is 5.95 Å². The highest BCUT2D eigenvalue weighted by Gasteiger charge is 2.19. The van der Waals surface area contributed by atoms with Gasteiger partial charge >= 0.3 is 5.97 Å². The molecule has 32 heavy (non-hydrogen) atoms. The van der Waals surface area contributed by atoms with E-state index in [2.05, 4.69) is 15.2 Å². The molecule has 2 aromatic carbocycles. The summed E-state index contributed by atoms with van der Waals surface area (Å²) in [5.41, 5.74) is 3.13. The Bertz CT molecular complexity index is 1160. The van der Waals surface area contributed by atoms with E-state index in [0.717, 1.165) is 54.5 Å². The number of aromatic nitrogens is 2. The summed E-state index contributed by atoms with van der Waals surface area (Å²) in [5, 5.41) is 12.0. The highest BCUT2D eigenvalue weighted by molar-refractivity contribution is 6.31. The molecular weight excluding hydrogens is 431 g/mol. The van der Waals surface area contributed by atoms with Crippen LogP contribution in [0.25, 0.3) is 17.2 Å². The van der Waals surface area contributed by atoms with Gasteiger partial charge in [0.25, 0.3) is 0 Å². The molecule has 0 bridgehead atoms. The summed E-state index contributed by atoms with van der Waals surface area (Å²) >= 11 is 5.89. The monoisotopic (exact) mass is 452 g/mol. The van der Waals surface area contributed by atoms with Crippen LogP contribution in [0.15, 0.2) is 54.7 Å². The second-order valence-electron chi connectivity index (χ2n) is 7.53. The summed E-state index contributed by atoms with van der Waals surface area (Å²) in [7, 11) is 0. The normalized spacial score (nSPS) is 14.0. The molecule has 1 aliphatic rings. The molecule has 1 aromatic heterocycles. The lowest BCUT2D eigenvalue weighted by atomic mass is 10.0. The van der Waals surface area contributed by atoms with Crippen LogP contribution < -0.4 is 10.2 Å². The maximum Gasteiger partial charge on any atom is 0.328 e. The van der Waals surface area contributed by atoms with Gasteiger partial charge in [0, 0.05) is 36.6 Å². The number of aliphatic carboxylic acids is 1. The Hall–Kier alpha value is -3.45. The van der Waals surface area contributed by atoms with Crippen molar-refractivity contribution >= 4 is 41.1 Å². The predicted octanol–water partition coefficient (Wildman–Crippen LogP) is 5.77. The lowest BCUT2D eigenvalue weighted by Crippen LogP contribution is -2.31. The molecule has 8 heteroatoms. The van der Waals surface area contributed by atoms with Crippen molar-refractivity contribution in [2.45, 2.75) is 19.3 Å². The molecular formula is C24H22ClFN4O2. The van der Waals surface area contributed by atoms with E-state index in [1.165, 1.54) is 18.6 Å². The number of hydrogen-bond donors (Lipinski definition) is 2. The number of hydrogen-bond acceptors (Lipinski definition) is 5. The molecule has 2 heterocycles. The van der Waals surface area contributed by atoms with Crippen LogP contribution in [-0.4, -0.2) is 34.1 Å². The second-order valence-corrected chi connectivity index (χ2v) is 7.94. The molecule has 0 spiro atoms. The van der Waals surface area contributed by atoms with Crippen molar-refractivity contribution in [2.24, 2.45) is 0 Å². The first-order chi connectivity index (χ1) is 15.5. The van der Waals surface area contributed by atoms with Crippen LogP contribution in [0.3, 0.4) is 0 Å². The zero-order valence-corrected chi connectivity index (χ0v) is 18.0. The van der Waals surface area contributed by atoms with Crippen LogP contribution in [0.5, 0.6) is 0 Å². The molecule has 4 rings (SSSR count). The highest BCUT2D eigenvalue weighted by Crippen LogP contribution is 2.33. The van der Waals surface area contributed by atoms with Crippen molar-refractivity contribution in [3.8, 4) is 11.1 Å². The van der Waals surface area contributed by atoms with E-state index in [1.807, 2.05) is 24.3 Å². The van der Waals surface area contributed by atoms with E-state index in [1.54, 1.807) is 18.3 Å². The Labute approximate surface area is 190 Å². The lowest BCUT2D eigenvalue weighted by molar-refractivity contribution is -0.131. The minimum Gasteiger partial charge on any atom is -0.478 e. The second kappa shape index (κ2) is 9.78. The average Bonchev–Trinajstić information content (AvgIpc) is 2.81. The standard InChI is InChI=1S/C24H22ClFN4O2/c25-20-14-18(8-9-21(20)26)28-24-27-15-19(23(29-24)30-11-2-1-3-12-30)17-6-4-5-16(13-17)7-10-22(31)32/h4-10,13-15H,1-3,11-12H2,(H,31,32)(H,27,28,29)/b10-7+. The van der Waals surface area contributed by atoms with Gasteiger partial charge in [-0.15, -0.1) is 0 Å². The molecule has 0 amide bonds. The molecule has 3 aromatic rings. The molecule has 1 aliphatic heterocycles. The molecule has 0 saturated carbocycles. The van der Waals surface area contributed by atoms with Gasteiger partial charge in [-0.25, -0.2) is 14.2 Å². The number of carboxylic acid groups (broad SMARTS) is 1. The first kappa shape index (κ1) is 21.8. The Kier molecular flexibility index (Phi) is 6.66. The summed E-state index contributed by atoms with van der Waals surface area (Å²) < 4.78 is 13.5. The van der Waals surface area contributed by atoms with Gasteiger partial charge in [0.1, 0.15) is 11.6 Å². The predicted molar refractivity (Wildman–Crippen MR) is 125 cm³/mol. The van der Waals surface area contributed by atoms with E-state index < -0.39 is 11.8 Å². The van der Waals surface area contributed by atoms with Gasteiger partial charge in [-0.2, -0.15) is 4.98 Å². The number of nitrogens with one attached hydrogen (secondary N) is 1. The van der Waals surface area contributed by atoms with Crippen molar-refractivity contribution in [1.29, 1.82) is 0 Å². The number of rotatable bonds is 6. The maximum atomic E-state index is 13.5. The molecule has 0 radical (unpaired) electrons. The third-order valence-electron chi connectivity index (χ3n) is 5.22. The summed E-state index contributed by atoms with van der Waals surface area (Å²) in [5.74, 6) is -0.294. The molecule has 0 unspecified atom stereocenters. The first-order valence-electron chi connectivity index (χ1n) is 10.3. The van der Waals surface area contributed by atoms with E-state index >= 15 is 0 Å². The van der Waals surface area contributed by atoms with Crippen LogP contribution in [0, 0.1) is 5.82 Å². The molecule has 1 fully saturated rings. The molecule has 0 atom stereocenters. The zero-order valence-electron chi connectivity index (χ0n) is 17.3. The van der Waals surface area contributed by atoms with Crippen LogP contribution in [0.1, 0.15) is 24.8 Å². The number of anilines is 3. The van der Waals surface area contributed by atoms with E-state index in [0.29, 0.717) is 11.6 Å². The van der Waals surface area contributed by atoms with Crippen molar-refractivity contribution < 1.29 is 14.3 Å². The minimum atomic E-state index is -0.996. The van der Waals surface area contributed by atoms with Gasteiger partial charge in [-0.3, -0.25) is 0 Å². The molecule has 1 saturated heterocycles. The van der Waals surface area contributed by atoms with Crippen LogP contribution in [0.2, 0.25) is 5.02 Å². The molecule has 164 valence electrons. The maximum absolute atomic E-state index is 13.5. The van der Waals surface area contributed by atoms with Gasteiger partial charge in [0.05, 0.1) is 5.02 Å². The SMILES string of the molecule is O=C(O)/C=C/c1cccc(-c2cnc(Nc3ccc(F)c(Cl)c3)nc2N2CCCCC2)c1. The zero-order chi connectivity index (χ0) is 22.5. The topological polar surface area (TPSA) is 78.3 Å². The summed E-state index contributed by atoms with van der Waals surface area (Å²) in [6.45, 7) is 1.79. The Morgan fingerprint density at radius 2 is 1.97 bits per heavy atom. The van der Waals surface area contributed by atoms with Gasteiger partial charge in [0.15, 0.2) is 0 Å². The lowest BCUT2D eigenvalue weighted by Gasteiger charge is -2.29. The first-order valence-corrected chi connectivity index (χ1v) is 10.7. The highest BCUT2D eigenvalue weighted by atomic mass is 35.5. The molecule has 2 N–H and O–H groups in total. The van der Waals surface area contributed by atoms with Crippen LogP contribution in [-0.2, 0) is 4.79 Å². The quantitative estimate of drug-likeness (QED) is 0.462. The number of carboxylic acids is 1. The largest absolute Gasteiger partial charge is 0.478 e. The minimum absolute atomic E-state index is 0.0223. The van der Waals surface area contributed by atoms with E-state index in [4.69, 9.17) is 21.7 Å². The Balaban J connectivity index is 1.71. The van der Waals surface area contributed by atoms with Gasteiger partial charge in [-0.1, -0.05) is 29.8 Å². The fraction of sp³-hybridized carbons (Fsp3) is 0.208. The van der Waals surface area contributed by atoms with E-state index in [-0.39, 0.29) is 5.02 Å². The van der Waals surface area contributed by atoms with Crippen LogP contribution in [0.4, 0.5) is 21.8 Å². The van der Waals surface area contributed by atoms with Gasteiger partial charge < -0.3 is 15.3 Å². The number of halogens is 2. The smallest absolute Gasteiger partial charge is 0.328 e. The third kappa shape index (κ3) is 5.23. The van der Waals surface area contributed by atoms with Crippen molar-refractivity contribution in [2.75, 3.05) is 23.3 Å². The van der Waals surface area contributed by atoms with Crippen LogP contribution >= 0.6 is 11.6 Å².